The average Bonchev–Trinajstić information content (AvgIpc) is 2.92. The van der Waals surface area contributed by atoms with Gasteiger partial charge in [0.1, 0.15) is 0 Å². The van der Waals surface area contributed by atoms with Gasteiger partial charge in [0.15, 0.2) is 0 Å². The number of halogens is 3. The second-order valence-corrected chi connectivity index (χ2v) is 13.8. The van der Waals surface area contributed by atoms with Crippen molar-refractivity contribution in [2.75, 3.05) is 0 Å². The monoisotopic (exact) mass is 721 g/mol. The molecule has 1 aromatic heterocycles. The van der Waals surface area contributed by atoms with Crippen LogP contribution in [0.2, 0.25) is 0 Å². The van der Waals surface area contributed by atoms with Gasteiger partial charge in [-0.2, -0.15) is 0 Å². The summed E-state index contributed by atoms with van der Waals surface area (Å²) in [5.41, 5.74) is 13.9. The van der Waals surface area contributed by atoms with Gasteiger partial charge in [0.05, 0.1) is 34.2 Å². The summed E-state index contributed by atoms with van der Waals surface area (Å²) in [4.78, 5) is 15.6. The van der Waals surface area contributed by atoms with Crippen LogP contribution in [0.3, 0.4) is 0 Å². The first kappa shape index (κ1) is 46.5. The minimum absolute atomic E-state index is 0. The molecule has 3 aromatic rings. The van der Waals surface area contributed by atoms with E-state index in [1.54, 1.807) is 0 Å². The van der Waals surface area contributed by atoms with Gasteiger partial charge in [-0.3, -0.25) is 9.98 Å². The van der Waals surface area contributed by atoms with E-state index in [0.29, 0.717) is 35.5 Å². The topological polar surface area (TPSA) is 37.6 Å². The number of aliphatic imine (C=N–C) groups is 2. The Bertz CT molecular complexity index is 1310. The van der Waals surface area contributed by atoms with Crippen LogP contribution in [0.15, 0.2) is 52.4 Å². The number of benzene rings is 2. The predicted molar refractivity (Wildman–Crippen MR) is 185 cm³/mol. The van der Waals surface area contributed by atoms with E-state index in [-0.39, 0.29) is 55.8 Å². The third-order valence-corrected chi connectivity index (χ3v) is 8.25. The fourth-order valence-electron chi connectivity index (χ4n) is 5.38. The van der Waals surface area contributed by atoms with Gasteiger partial charge in [0, 0.05) is 0 Å². The van der Waals surface area contributed by atoms with E-state index in [1.807, 2.05) is 0 Å². The number of hydrogen-bond donors (Lipinski definition) is 0. The SMILES string of the molecule is CC(=Nc1c(C(C)C)cc(C(C)C)cc1C(C)C)c1cccc(C(C)=Nc2c(C(C)C)cc(C(C)C)cc2C(C)C)n1.[Cl-].[Cl-].[Cl-].[V+3]. The summed E-state index contributed by atoms with van der Waals surface area (Å²) in [5, 5.41) is 0. The molecule has 3 nitrogen and oxygen atoms in total. The molecule has 0 radical (unpaired) electrons. The fraction of sp³-hybridized carbons (Fsp3) is 0.513. The number of nitrogens with zero attached hydrogens (tertiary/aromatic N) is 3. The third-order valence-electron chi connectivity index (χ3n) is 8.25. The Hall–Kier alpha value is -1.62. The first-order valence-electron chi connectivity index (χ1n) is 16.1. The van der Waals surface area contributed by atoms with Crippen molar-refractivity contribution in [3.8, 4) is 0 Å². The van der Waals surface area contributed by atoms with Gasteiger partial charge < -0.3 is 37.2 Å². The van der Waals surface area contributed by atoms with E-state index in [0.717, 1.165) is 34.2 Å². The zero-order valence-electron chi connectivity index (χ0n) is 30.4. The molecule has 0 saturated heterocycles. The van der Waals surface area contributed by atoms with E-state index < -0.39 is 0 Å². The van der Waals surface area contributed by atoms with Crippen LogP contribution in [0, 0.1) is 0 Å². The zero-order chi connectivity index (χ0) is 31.5. The molecule has 0 N–H and O–H groups in total. The largest absolute Gasteiger partial charge is 3.00 e. The summed E-state index contributed by atoms with van der Waals surface area (Å²) >= 11 is 0. The molecule has 0 aliphatic rings. The van der Waals surface area contributed by atoms with E-state index in [2.05, 4.69) is 139 Å². The van der Waals surface area contributed by atoms with Gasteiger partial charge in [-0.25, -0.2) is 4.98 Å². The van der Waals surface area contributed by atoms with E-state index in [4.69, 9.17) is 15.0 Å². The minimum Gasteiger partial charge on any atom is -1.00 e. The molecular formula is C39H55Cl3N3V. The Morgan fingerprint density at radius 3 is 0.957 bits per heavy atom. The summed E-state index contributed by atoms with van der Waals surface area (Å²) in [6.45, 7) is 31.4. The van der Waals surface area contributed by atoms with Gasteiger partial charge in [0.25, 0.3) is 0 Å². The Labute approximate surface area is 311 Å². The molecule has 0 unspecified atom stereocenters. The summed E-state index contributed by atoms with van der Waals surface area (Å²) in [6, 6.07) is 15.7. The molecule has 0 bridgehead atoms. The molecule has 0 spiro atoms. The van der Waals surface area contributed by atoms with Gasteiger partial charge in [0.2, 0.25) is 0 Å². The maximum absolute atomic E-state index is 5.27. The Balaban J connectivity index is 0. The molecule has 2 aromatic carbocycles. The van der Waals surface area contributed by atoms with Gasteiger partial charge >= 0.3 is 18.6 Å². The van der Waals surface area contributed by atoms with Crippen LogP contribution in [-0.4, -0.2) is 16.4 Å². The van der Waals surface area contributed by atoms with Gasteiger partial charge in [-0.05, 0) is 94.9 Å². The molecule has 1 heterocycles. The maximum atomic E-state index is 5.27. The van der Waals surface area contributed by atoms with Crippen molar-refractivity contribution in [3.05, 3.63) is 87.2 Å². The normalized spacial score (nSPS) is 12.0. The Morgan fingerprint density at radius 2 is 0.739 bits per heavy atom. The summed E-state index contributed by atoms with van der Waals surface area (Å²) in [7, 11) is 0. The van der Waals surface area contributed by atoms with Crippen LogP contribution in [0.1, 0.15) is 177 Å². The number of hydrogen-bond acceptors (Lipinski definition) is 3. The van der Waals surface area contributed by atoms with Crippen LogP contribution in [0.5, 0.6) is 0 Å². The summed E-state index contributed by atoms with van der Waals surface area (Å²) < 4.78 is 0. The van der Waals surface area contributed by atoms with Crippen molar-refractivity contribution in [1.82, 2.24) is 4.98 Å². The minimum atomic E-state index is 0. The molecule has 0 saturated carbocycles. The fourth-order valence-corrected chi connectivity index (χ4v) is 5.38. The molecule has 0 amide bonds. The van der Waals surface area contributed by atoms with E-state index >= 15 is 0 Å². The summed E-state index contributed by atoms with van der Waals surface area (Å²) in [5.74, 6) is 2.49. The Kier molecular flexibility index (Phi) is 20.2. The summed E-state index contributed by atoms with van der Waals surface area (Å²) in [6.07, 6.45) is 0. The molecule has 0 atom stereocenters. The molecule has 46 heavy (non-hydrogen) atoms. The smallest absolute Gasteiger partial charge is 1.00 e. The van der Waals surface area contributed by atoms with Crippen LogP contribution in [0.4, 0.5) is 11.4 Å². The molecule has 7 heteroatoms. The van der Waals surface area contributed by atoms with Crippen molar-refractivity contribution in [1.29, 1.82) is 0 Å². The molecule has 0 aliphatic heterocycles. The van der Waals surface area contributed by atoms with Crippen LogP contribution < -0.4 is 37.2 Å². The zero-order valence-corrected chi connectivity index (χ0v) is 34.1. The van der Waals surface area contributed by atoms with Crippen LogP contribution in [0.25, 0.3) is 0 Å². The first-order valence-corrected chi connectivity index (χ1v) is 16.1. The quantitative estimate of drug-likeness (QED) is 0.297. The molecule has 3 rings (SSSR count). The van der Waals surface area contributed by atoms with Gasteiger partial charge in [-0.1, -0.05) is 113 Å². The average molecular weight is 723 g/mol. The van der Waals surface area contributed by atoms with Crippen molar-refractivity contribution in [3.63, 3.8) is 0 Å². The first-order chi connectivity index (χ1) is 19.6. The number of pyridine rings is 1. The maximum Gasteiger partial charge on any atom is 3.00 e. The van der Waals surface area contributed by atoms with Gasteiger partial charge in [-0.15, -0.1) is 0 Å². The number of rotatable bonds is 10. The van der Waals surface area contributed by atoms with E-state index in [9.17, 15) is 0 Å². The third kappa shape index (κ3) is 11.2. The molecule has 0 fully saturated rings. The molecule has 252 valence electrons. The van der Waals surface area contributed by atoms with Crippen molar-refractivity contribution < 1.29 is 55.8 Å². The van der Waals surface area contributed by atoms with Crippen LogP contribution >= 0.6 is 0 Å². The second-order valence-electron chi connectivity index (χ2n) is 13.8. The molecule has 0 aliphatic carbocycles. The predicted octanol–water partition coefficient (Wildman–Crippen LogP) is 3.11. The number of aromatic nitrogens is 1. The van der Waals surface area contributed by atoms with Crippen LogP contribution in [-0.2, 0) is 18.6 Å². The van der Waals surface area contributed by atoms with Crippen molar-refractivity contribution in [2.24, 2.45) is 9.98 Å². The standard InChI is InChI=1S/C39H55N3.3ClH.V/c1-22(2)30-18-32(24(5)6)38(33(19-30)25(7)8)40-28(13)36-16-15-17-37(42-36)29(14)41-39-34(26(9)10)20-31(23(3)4)21-35(39)27(11)12;;;;/h15-27H,1-14H3;3*1H;/q;;;;+3/p-3. The van der Waals surface area contributed by atoms with Crippen molar-refractivity contribution in [2.45, 2.75) is 132 Å². The van der Waals surface area contributed by atoms with E-state index in [1.165, 1.54) is 33.4 Å². The molecular weight excluding hydrogens is 668 g/mol. The Morgan fingerprint density at radius 1 is 0.478 bits per heavy atom. The van der Waals surface area contributed by atoms with Crippen molar-refractivity contribution >= 4 is 22.8 Å². The second kappa shape index (κ2) is 20.0.